The van der Waals surface area contributed by atoms with Gasteiger partial charge in [-0.2, -0.15) is 5.10 Å². The summed E-state index contributed by atoms with van der Waals surface area (Å²) in [5.74, 6) is -2.96. The van der Waals surface area contributed by atoms with Crippen molar-refractivity contribution in [2.24, 2.45) is 0 Å². The van der Waals surface area contributed by atoms with Gasteiger partial charge in [-0.15, -0.1) is 11.3 Å². The Morgan fingerprint density at radius 2 is 2.24 bits per heavy atom. The topological polar surface area (TPSA) is 61.0 Å². The predicted octanol–water partition coefficient (Wildman–Crippen LogP) is 1.88. The number of thiophene rings is 1. The van der Waals surface area contributed by atoms with E-state index in [1.165, 1.54) is 11.3 Å². The minimum absolute atomic E-state index is 0.182. The summed E-state index contributed by atoms with van der Waals surface area (Å²) in [5, 5.41) is 9.33. The van der Waals surface area contributed by atoms with Crippen molar-refractivity contribution in [1.29, 1.82) is 0 Å². The lowest BCUT2D eigenvalue weighted by Crippen LogP contribution is -2.44. The average Bonchev–Trinajstić information content (AvgIpc) is 3.00. The molecule has 2 N–H and O–H groups in total. The van der Waals surface area contributed by atoms with Crippen LogP contribution in [0, 0.1) is 0 Å². The van der Waals surface area contributed by atoms with Crippen molar-refractivity contribution in [1.82, 2.24) is 15.5 Å². The molecule has 0 saturated heterocycles. The summed E-state index contributed by atoms with van der Waals surface area (Å²) in [7, 11) is 0. The van der Waals surface area contributed by atoms with Gasteiger partial charge in [0, 0.05) is 41.7 Å². The zero-order valence-electron chi connectivity index (χ0n) is 10.9. The molecule has 4 rings (SSSR count). The molecule has 2 aliphatic heterocycles. The highest BCUT2D eigenvalue weighted by atomic mass is 32.1. The van der Waals surface area contributed by atoms with E-state index in [9.17, 15) is 13.6 Å². The summed E-state index contributed by atoms with van der Waals surface area (Å²) in [4.78, 5) is 15.0. The number of carbonyl (C=O) groups is 1. The molecule has 5 nitrogen and oxygen atoms in total. The standard InChI is InChI=1S/C13H12F2N4OS/c14-13(15)3-8-9-11(12(20)16-1-2-19(9)6-13)21-10(8)7-4-17-18-5-7/h4-5H,1-3,6H2,(H,16,20)(H,17,18). The van der Waals surface area contributed by atoms with E-state index in [0.29, 0.717) is 34.1 Å². The Bertz CT molecular complexity index is 710. The molecule has 0 atom stereocenters. The number of aromatic nitrogens is 2. The Morgan fingerprint density at radius 3 is 3.00 bits per heavy atom. The third-order valence-corrected chi connectivity index (χ3v) is 5.06. The molecule has 1 amide bonds. The van der Waals surface area contributed by atoms with E-state index >= 15 is 0 Å². The number of halogens is 2. The van der Waals surface area contributed by atoms with Gasteiger partial charge in [0.15, 0.2) is 0 Å². The largest absolute Gasteiger partial charge is 0.362 e. The van der Waals surface area contributed by atoms with Crippen molar-refractivity contribution < 1.29 is 13.6 Å². The van der Waals surface area contributed by atoms with Crippen molar-refractivity contribution in [3.05, 3.63) is 22.8 Å². The third kappa shape index (κ3) is 1.93. The fraction of sp³-hybridized carbons (Fsp3) is 0.385. The minimum Gasteiger partial charge on any atom is -0.362 e. The molecular weight excluding hydrogens is 298 g/mol. The molecule has 0 fully saturated rings. The summed E-state index contributed by atoms with van der Waals surface area (Å²) < 4.78 is 28.1. The van der Waals surface area contributed by atoms with Gasteiger partial charge in [0.05, 0.1) is 18.4 Å². The van der Waals surface area contributed by atoms with Gasteiger partial charge < -0.3 is 10.2 Å². The van der Waals surface area contributed by atoms with E-state index in [1.807, 2.05) is 0 Å². The van der Waals surface area contributed by atoms with Crippen LogP contribution in [0.2, 0.25) is 0 Å². The number of amides is 1. The Hall–Kier alpha value is -1.96. The summed E-state index contributed by atoms with van der Waals surface area (Å²) in [6.45, 7) is 0.462. The molecule has 0 aliphatic carbocycles. The highest BCUT2D eigenvalue weighted by molar-refractivity contribution is 7.18. The Labute approximate surface area is 123 Å². The Morgan fingerprint density at radius 1 is 1.38 bits per heavy atom. The molecule has 0 bridgehead atoms. The number of aromatic amines is 1. The van der Waals surface area contributed by atoms with Gasteiger partial charge in [-0.25, -0.2) is 8.78 Å². The average molecular weight is 310 g/mol. The van der Waals surface area contributed by atoms with Crippen molar-refractivity contribution in [3.8, 4) is 10.4 Å². The second-order valence-corrected chi connectivity index (χ2v) is 6.31. The Balaban J connectivity index is 1.96. The van der Waals surface area contributed by atoms with Crippen molar-refractivity contribution in [2.75, 3.05) is 24.5 Å². The van der Waals surface area contributed by atoms with Crippen LogP contribution in [0.3, 0.4) is 0 Å². The smallest absolute Gasteiger partial charge is 0.269 e. The van der Waals surface area contributed by atoms with E-state index in [1.54, 1.807) is 17.3 Å². The number of H-pyrrole nitrogens is 1. The predicted molar refractivity (Wildman–Crippen MR) is 75.1 cm³/mol. The molecule has 21 heavy (non-hydrogen) atoms. The van der Waals surface area contributed by atoms with Gasteiger partial charge in [0.25, 0.3) is 11.8 Å². The third-order valence-electron chi connectivity index (χ3n) is 3.79. The number of hydrogen-bond acceptors (Lipinski definition) is 4. The highest BCUT2D eigenvalue weighted by Crippen LogP contribution is 2.47. The monoisotopic (exact) mass is 310 g/mol. The van der Waals surface area contributed by atoms with Crippen LogP contribution in [-0.2, 0) is 6.42 Å². The van der Waals surface area contributed by atoms with Crippen molar-refractivity contribution >= 4 is 22.9 Å². The first kappa shape index (κ1) is 12.8. The minimum atomic E-state index is -2.78. The van der Waals surface area contributed by atoms with Crippen LogP contribution in [0.25, 0.3) is 10.4 Å². The molecule has 2 aromatic heterocycles. The zero-order valence-corrected chi connectivity index (χ0v) is 11.8. The molecule has 8 heteroatoms. The molecule has 4 heterocycles. The highest BCUT2D eigenvalue weighted by Gasteiger charge is 2.43. The normalized spacial score (nSPS) is 19.9. The number of alkyl halides is 2. The lowest BCUT2D eigenvalue weighted by molar-refractivity contribution is 0.00582. The fourth-order valence-corrected chi connectivity index (χ4v) is 4.21. The van der Waals surface area contributed by atoms with Gasteiger partial charge in [-0.05, 0) is 0 Å². The van der Waals surface area contributed by atoms with Crippen LogP contribution in [0.1, 0.15) is 15.2 Å². The molecule has 0 aromatic carbocycles. The quantitative estimate of drug-likeness (QED) is 0.845. The van der Waals surface area contributed by atoms with E-state index in [-0.39, 0.29) is 18.9 Å². The van der Waals surface area contributed by atoms with E-state index in [4.69, 9.17) is 0 Å². The molecule has 2 aromatic rings. The first-order valence-electron chi connectivity index (χ1n) is 6.61. The van der Waals surface area contributed by atoms with Gasteiger partial charge in [0.1, 0.15) is 4.88 Å². The summed E-state index contributed by atoms with van der Waals surface area (Å²) in [6, 6.07) is 0. The molecule has 0 spiro atoms. The van der Waals surface area contributed by atoms with Gasteiger partial charge in [-0.3, -0.25) is 9.89 Å². The van der Waals surface area contributed by atoms with E-state index in [0.717, 1.165) is 5.56 Å². The number of nitrogens with zero attached hydrogens (tertiary/aromatic N) is 2. The number of nitrogens with one attached hydrogen (secondary N) is 2. The maximum absolute atomic E-state index is 14.0. The first-order valence-corrected chi connectivity index (χ1v) is 7.42. The van der Waals surface area contributed by atoms with Gasteiger partial charge in [0.2, 0.25) is 0 Å². The maximum Gasteiger partial charge on any atom is 0.269 e. The van der Waals surface area contributed by atoms with Gasteiger partial charge in [-0.1, -0.05) is 0 Å². The molecule has 0 radical (unpaired) electrons. The lowest BCUT2D eigenvalue weighted by atomic mass is 9.97. The van der Waals surface area contributed by atoms with Crippen LogP contribution >= 0.6 is 11.3 Å². The number of rotatable bonds is 1. The molecule has 2 aliphatic rings. The second kappa shape index (κ2) is 4.27. The number of carbonyl (C=O) groups excluding carboxylic acids is 1. The van der Waals surface area contributed by atoms with E-state index in [2.05, 4.69) is 15.5 Å². The molecular formula is C13H12F2N4OS. The molecule has 0 unspecified atom stereocenters. The summed E-state index contributed by atoms with van der Waals surface area (Å²) >= 11 is 1.26. The van der Waals surface area contributed by atoms with Crippen LogP contribution in [0.4, 0.5) is 14.5 Å². The van der Waals surface area contributed by atoms with Gasteiger partial charge >= 0.3 is 0 Å². The van der Waals surface area contributed by atoms with E-state index < -0.39 is 5.92 Å². The zero-order chi connectivity index (χ0) is 14.6. The SMILES string of the molecule is O=C1NCCN2CC(F)(F)Cc3c(-c4cn[nH]c4)sc1c32. The maximum atomic E-state index is 14.0. The number of anilines is 1. The fourth-order valence-electron chi connectivity index (χ4n) is 2.97. The second-order valence-electron chi connectivity index (χ2n) is 5.28. The van der Waals surface area contributed by atoms with Crippen LogP contribution in [-0.4, -0.2) is 41.7 Å². The lowest BCUT2D eigenvalue weighted by Gasteiger charge is -2.34. The first-order chi connectivity index (χ1) is 10.1. The summed E-state index contributed by atoms with van der Waals surface area (Å²) in [6.07, 6.45) is 2.93. The number of hydrogen-bond donors (Lipinski definition) is 2. The molecule has 0 saturated carbocycles. The van der Waals surface area contributed by atoms with Crippen molar-refractivity contribution in [2.45, 2.75) is 12.3 Å². The summed E-state index contributed by atoms with van der Waals surface area (Å²) in [5.41, 5.74) is 1.98. The molecule has 110 valence electrons. The van der Waals surface area contributed by atoms with Crippen LogP contribution in [0.5, 0.6) is 0 Å². The van der Waals surface area contributed by atoms with Crippen LogP contribution in [0.15, 0.2) is 12.4 Å². The van der Waals surface area contributed by atoms with Crippen LogP contribution < -0.4 is 10.2 Å². The Kier molecular flexibility index (Phi) is 2.59. The van der Waals surface area contributed by atoms with Crippen molar-refractivity contribution in [3.63, 3.8) is 0 Å².